The number of aryl methyl sites for hydroxylation is 1. The summed E-state index contributed by atoms with van der Waals surface area (Å²) in [6, 6.07) is 6.07. The van der Waals surface area contributed by atoms with Gasteiger partial charge in [-0.1, -0.05) is 11.8 Å². The van der Waals surface area contributed by atoms with E-state index in [2.05, 4.69) is 32.5 Å². The van der Waals surface area contributed by atoms with Crippen molar-refractivity contribution in [2.45, 2.75) is 16.6 Å². The number of nitrogens with two attached hydrogens (primary N) is 1. The van der Waals surface area contributed by atoms with Crippen LogP contribution in [0.5, 0.6) is 0 Å². The molecule has 0 aromatic carbocycles. The minimum atomic E-state index is 0.523. The minimum Gasteiger partial charge on any atom is -0.384 e. The van der Waals surface area contributed by atoms with E-state index in [1.807, 2.05) is 12.5 Å². The van der Waals surface area contributed by atoms with E-state index in [-0.39, 0.29) is 0 Å². The Labute approximate surface area is 135 Å². The Kier molecular flexibility index (Phi) is 4.62. The maximum absolute atomic E-state index is 5.78. The van der Waals surface area contributed by atoms with Crippen molar-refractivity contribution >= 4 is 50.8 Å². The molecule has 0 bridgehead atoms. The van der Waals surface area contributed by atoms with Crippen LogP contribution in [0.1, 0.15) is 5.69 Å². The molecule has 2 N–H and O–H groups in total. The largest absolute Gasteiger partial charge is 0.384 e. The Morgan fingerprint density at radius 3 is 3.05 bits per heavy atom. The van der Waals surface area contributed by atoms with E-state index in [1.54, 1.807) is 40.9 Å². The molecule has 0 fully saturated rings. The third-order valence-electron chi connectivity index (χ3n) is 2.90. The maximum Gasteiger partial charge on any atom is 0.190 e. The lowest BCUT2D eigenvalue weighted by atomic mass is 10.2. The second-order valence-electron chi connectivity index (χ2n) is 4.35. The minimum absolute atomic E-state index is 0.523. The molecule has 0 unspecified atom stereocenters. The summed E-state index contributed by atoms with van der Waals surface area (Å²) in [7, 11) is 0. The van der Waals surface area contributed by atoms with E-state index in [0.717, 1.165) is 28.0 Å². The summed E-state index contributed by atoms with van der Waals surface area (Å²) in [6.07, 6.45) is 4.82. The van der Waals surface area contributed by atoms with Crippen molar-refractivity contribution in [2.75, 3.05) is 17.7 Å². The summed E-state index contributed by atoms with van der Waals surface area (Å²) in [6.45, 7) is 0. The van der Waals surface area contributed by atoms with Gasteiger partial charge in [-0.15, -0.1) is 23.1 Å². The first-order chi connectivity index (χ1) is 10.2. The van der Waals surface area contributed by atoms with Crippen LogP contribution in [0.4, 0.5) is 5.82 Å². The average Bonchev–Trinajstić information content (AvgIpc) is 2.94. The van der Waals surface area contributed by atoms with Gasteiger partial charge in [-0.2, -0.15) is 0 Å². The molecule has 21 heavy (non-hydrogen) atoms. The van der Waals surface area contributed by atoms with Gasteiger partial charge >= 0.3 is 0 Å². The van der Waals surface area contributed by atoms with Crippen LogP contribution in [-0.2, 0) is 6.42 Å². The third-order valence-corrected chi connectivity index (χ3v) is 5.24. The molecule has 4 nitrogen and oxygen atoms in total. The number of aromatic nitrogens is 3. The first-order valence-electron chi connectivity index (χ1n) is 6.38. The van der Waals surface area contributed by atoms with Gasteiger partial charge in [0.15, 0.2) is 5.16 Å². The van der Waals surface area contributed by atoms with Crippen molar-refractivity contribution in [3.8, 4) is 0 Å². The van der Waals surface area contributed by atoms with E-state index in [1.165, 1.54) is 10.1 Å². The quantitative estimate of drug-likeness (QED) is 0.436. The highest BCUT2D eigenvalue weighted by Gasteiger charge is 2.04. The van der Waals surface area contributed by atoms with Gasteiger partial charge < -0.3 is 5.73 Å². The van der Waals surface area contributed by atoms with E-state index in [4.69, 9.17) is 5.73 Å². The Morgan fingerprint density at radius 1 is 1.29 bits per heavy atom. The van der Waals surface area contributed by atoms with Gasteiger partial charge in [0, 0.05) is 23.7 Å². The zero-order chi connectivity index (χ0) is 14.7. The molecule has 3 rings (SSSR count). The summed E-state index contributed by atoms with van der Waals surface area (Å²) in [5, 5.41) is 4.99. The van der Waals surface area contributed by atoms with E-state index in [9.17, 15) is 0 Å². The standard InChI is InChI=1S/C14H14N4S3/c1-19-13-7-12(15)17-14(18-13)21-5-3-10-6-9-2-4-20-11(9)8-16-10/h2,4,6-8H,3,5H2,1H3,(H2,15,17,18). The van der Waals surface area contributed by atoms with Crippen molar-refractivity contribution in [3.63, 3.8) is 0 Å². The summed E-state index contributed by atoms with van der Waals surface area (Å²) >= 11 is 4.91. The van der Waals surface area contributed by atoms with Crippen LogP contribution in [0.3, 0.4) is 0 Å². The van der Waals surface area contributed by atoms with Crippen LogP contribution < -0.4 is 5.73 Å². The normalized spacial score (nSPS) is 11.1. The Morgan fingerprint density at radius 2 is 2.19 bits per heavy atom. The Bertz CT molecular complexity index is 757. The highest BCUT2D eigenvalue weighted by molar-refractivity contribution is 7.99. The van der Waals surface area contributed by atoms with Crippen LogP contribution in [0.2, 0.25) is 0 Å². The number of anilines is 1. The van der Waals surface area contributed by atoms with Crippen LogP contribution in [0, 0.1) is 0 Å². The molecule has 7 heteroatoms. The molecule has 0 saturated heterocycles. The number of hydrogen-bond donors (Lipinski definition) is 1. The molecule has 0 radical (unpaired) electrons. The molecular weight excluding hydrogens is 320 g/mol. The van der Waals surface area contributed by atoms with Crippen molar-refractivity contribution in [3.05, 3.63) is 35.5 Å². The van der Waals surface area contributed by atoms with Gasteiger partial charge in [0.1, 0.15) is 10.8 Å². The first kappa shape index (κ1) is 14.6. The Balaban J connectivity index is 1.64. The molecule has 108 valence electrons. The molecule has 0 aliphatic rings. The van der Waals surface area contributed by atoms with Gasteiger partial charge in [0.05, 0.1) is 4.70 Å². The summed E-state index contributed by atoms with van der Waals surface area (Å²) < 4.78 is 1.23. The summed E-state index contributed by atoms with van der Waals surface area (Å²) in [5.74, 6) is 1.41. The first-order valence-corrected chi connectivity index (χ1v) is 9.47. The van der Waals surface area contributed by atoms with Gasteiger partial charge in [-0.3, -0.25) is 4.98 Å². The smallest absolute Gasteiger partial charge is 0.190 e. The second-order valence-corrected chi connectivity index (χ2v) is 7.19. The zero-order valence-corrected chi connectivity index (χ0v) is 13.9. The topological polar surface area (TPSA) is 64.7 Å². The highest BCUT2D eigenvalue weighted by Crippen LogP contribution is 2.23. The number of thiophene rings is 1. The molecule has 3 aromatic rings. The molecule has 0 atom stereocenters. The number of hydrogen-bond acceptors (Lipinski definition) is 7. The average molecular weight is 334 g/mol. The number of nitrogen functional groups attached to an aromatic ring is 1. The van der Waals surface area contributed by atoms with E-state index >= 15 is 0 Å². The zero-order valence-electron chi connectivity index (χ0n) is 11.4. The van der Waals surface area contributed by atoms with Crippen LogP contribution in [-0.4, -0.2) is 27.0 Å². The van der Waals surface area contributed by atoms with Crippen molar-refractivity contribution in [2.24, 2.45) is 0 Å². The lowest BCUT2D eigenvalue weighted by molar-refractivity contribution is 0.898. The SMILES string of the molecule is CSc1cc(N)nc(SCCc2cc3ccsc3cn2)n1. The number of pyridine rings is 1. The fourth-order valence-electron chi connectivity index (χ4n) is 1.89. The number of fused-ring (bicyclic) bond motifs is 1. The maximum atomic E-state index is 5.78. The molecule has 0 spiro atoms. The van der Waals surface area contributed by atoms with E-state index < -0.39 is 0 Å². The van der Waals surface area contributed by atoms with Gasteiger partial charge in [0.2, 0.25) is 0 Å². The van der Waals surface area contributed by atoms with Gasteiger partial charge in [0.25, 0.3) is 0 Å². The monoisotopic (exact) mass is 334 g/mol. The van der Waals surface area contributed by atoms with Gasteiger partial charge in [-0.05, 0) is 35.6 Å². The predicted octanol–water partition coefficient (Wildman–Crippen LogP) is 3.73. The van der Waals surface area contributed by atoms with Crippen molar-refractivity contribution in [1.29, 1.82) is 0 Å². The molecule has 0 saturated carbocycles. The number of rotatable bonds is 5. The molecule has 0 aliphatic heterocycles. The number of thioether (sulfide) groups is 2. The second kappa shape index (κ2) is 6.64. The molecule has 0 amide bonds. The lowest BCUT2D eigenvalue weighted by Gasteiger charge is -2.04. The third kappa shape index (κ3) is 3.66. The van der Waals surface area contributed by atoms with Crippen LogP contribution >= 0.6 is 34.9 Å². The fourth-order valence-corrected chi connectivity index (χ4v) is 3.93. The predicted molar refractivity (Wildman–Crippen MR) is 92.3 cm³/mol. The fraction of sp³-hybridized carbons (Fsp3) is 0.214. The Hall–Kier alpha value is -1.31. The van der Waals surface area contributed by atoms with Crippen LogP contribution in [0.15, 0.2) is 40.0 Å². The highest BCUT2D eigenvalue weighted by atomic mass is 32.2. The summed E-state index contributed by atoms with van der Waals surface area (Å²) in [4.78, 5) is 13.2. The summed E-state index contributed by atoms with van der Waals surface area (Å²) in [5.41, 5.74) is 6.88. The number of nitrogens with zero attached hydrogens (tertiary/aromatic N) is 3. The lowest BCUT2D eigenvalue weighted by Crippen LogP contribution is -1.98. The van der Waals surface area contributed by atoms with Crippen molar-refractivity contribution < 1.29 is 0 Å². The van der Waals surface area contributed by atoms with Crippen molar-refractivity contribution in [1.82, 2.24) is 15.0 Å². The van der Waals surface area contributed by atoms with E-state index in [0.29, 0.717) is 5.82 Å². The van der Waals surface area contributed by atoms with Gasteiger partial charge in [-0.25, -0.2) is 9.97 Å². The molecule has 3 heterocycles. The molecule has 3 aromatic heterocycles. The molecule has 0 aliphatic carbocycles. The van der Waals surface area contributed by atoms with Crippen LogP contribution in [0.25, 0.3) is 10.1 Å². The molecular formula is C14H14N4S3.